The van der Waals surface area contributed by atoms with Crippen LogP contribution in [0.2, 0.25) is 5.02 Å². The zero-order valence-corrected chi connectivity index (χ0v) is 16.4. The van der Waals surface area contributed by atoms with Gasteiger partial charge in [-0.05, 0) is 44.0 Å². The molecule has 5 nitrogen and oxygen atoms in total. The summed E-state index contributed by atoms with van der Waals surface area (Å²) in [6.07, 6.45) is 0.748. The van der Waals surface area contributed by atoms with Gasteiger partial charge in [0.15, 0.2) is 5.82 Å². The lowest BCUT2D eigenvalue weighted by atomic mass is 9.97. The summed E-state index contributed by atoms with van der Waals surface area (Å²) >= 11 is 5.72. The molecule has 1 amide bonds. The second-order valence-corrected chi connectivity index (χ2v) is 8.93. The van der Waals surface area contributed by atoms with E-state index in [1.54, 1.807) is 30.3 Å². The van der Waals surface area contributed by atoms with E-state index >= 15 is 0 Å². The van der Waals surface area contributed by atoms with Gasteiger partial charge in [-0.25, -0.2) is 12.8 Å². The fraction of sp³-hybridized carbons (Fsp3) is 0.316. The van der Waals surface area contributed by atoms with E-state index < -0.39 is 15.8 Å². The zero-order valence-electron chi connectivity index (χ0n) is 14.8. The van der Waals surface area contributed by atoms with Crippen LogP contribution in [0.3, 0.4) is 0 Å². The summed E-state index contributed by atoms with van der Waals surface area (Å²) in [7, 11) is -3.57. The van der Waals surface area contributed by atoms with Gasteiger partial charge in [0.05, 0.1) is 15.6 Å². The molecule has 8 heteroatoms. The first-order valence-electron chi connectivity index (χ1n) is 8.61. The van der Waals surface area contributed by atoms with Crippen LogP contribution in [0, 0.1) is 18.7 Å². The Kier molecular flexibility index (Phi) is 5.83. The monoisotopic (exact) mass is 410 g/mol. The number of carbonyl (C=O) groups is 1. The number of piperidine rings is 1. The van der Waals surface area contributed by atoms with Crippen molar-refractivity contribution in [2.45, 2.75) is 24.7 Å². The van der Waals surface area contributed by atoms with Gasteiger partial charge in [-0.15, -0.1) is 0 Å². The van der Waals surface area contributed by atoms with E-state index in [-0.39, 0.29) is 40.5 Å². The van der Waals surface area contributed by atoms with Crippen LogP contribution in [-0.4, -0.2) is 31.7 Å². The number of nitrogens with zero attached hydrogens (tertiary/aromatic N) is 1. The molecule has 0 spiro atoms. The fourth-order valence-electron chi connectivity index (χ4n) is 3.05. The highest BCUT2D eigenvalue weighted by Crippen LogP contribution is 2.27. The number of sulfonamides is 1. The highest BCUT2D eigenvalue weighted by molar-refractivity contribution is 7.89. The van der Waals surface area contributed by atoms with E-state index in [1.807, 2.05) is 6.92 Å². The third kappa shape index (κ3) is 4.31. The highest BCUT2D eigenvalue weighted by Gasteiger charge is 2.32. The maximum atomic E-state index is 13.9. The van der Waals surface area contributed by atoms with Crippen molar-refractivity contribution in [3.63, 3.8) is 0 Å². The summed E-state index contributed by atoms with van der Waals surface area (Å²) in [6, 6.07) is 11.1. The number of halogens is 2. The molecular formula is C19H20ClFN2O3S. The molecule has 2 aromatic rings. The van der Waals surface area contributed by atoms with Crippen molar-refractivity contribution >= 4 is 33.2 Å². The number of aryl methyl sites for hydroxylation is 1. The van der Waals surface area contributed by atoms with Crippen LogP contribution in [0.15, 0.2) is 47.4 Å². The Balaban J connectivity index is 1.63. The standard InChI is InChI=1S/C19H20ClFN2O3S/c1-13-5-7-15(8-6-13)27(25,26)23-11-9-14(10-12-23)19(24)22-17-4-2-3-16(20)18(17)21/h2-8,14H,9-12H2,1H3,(H,22,24). The Bertz CT molecular complexity index is 940. The number of hydrogen-bond donors (Lipinski definition) is 1. The summed E-state index contributed by atoms with van der Waals surface area (Å²) in [5.41, 5.74) is 1.01. The van der Waals surface area contributed by atoms with Crippen LogP contribution < -0.4 is 5.32 Å². The Morgan fingerprint density at radius 3 is 2.41 bits per heavy atom. The average molecular weight is 411 g/mol. The number of nitrogens with one attached hydrogen (secondary N) is 1. The molecule has 3 rings (SSSR count). The van der Waals surface area contributed by atoms with Gasteiger partial charge in [0.2, 0.25) is 15.9 Å². The van der Waals surface area contributed by atoms with Crippen molar-refractivity contribution < 1.29 is 17.6 Å². The maximum absolute atomic E-state index is 13.9. The molecule has 144 valence electrons. The normalized spacial score (nSPS) is 16.3. The van der Waals surface area contributed by atoms with Crippen LogP contribution in [-0.2, 0) is 14.8 Å². The molecule has 0 atom stereocenters. The molecule has 1 fully saturated rings. The van der Waals surface area contributed by atoms with Crippen LogP contribution in [0.25, 0.3) is 0 Å². The Labute approximate surface area is 163 Å². The van der Waals surface area contributed by atoms with Gasteiger partial charge in [-0.3, -0.25) is 4.79 Å². The third-order valence-corrected chi connectivity index (χ3v) is 6.90. The number of amides is 1. The van der Waals surface area contributed by atoms with Crippen LogP contribution in [0.5, 0.6) is 0 Å². The van der Waals surface area contributed by atoms with E-state index in [1.165, 1.54) is 16.4 Å². The number of hydrogen-bond acceptors (Lipinski definition) is 3. The molecule has 1 N–H and O–H groups in total. The molecule has 27 heavy (non-hydrogen) atoms. The van der Waals surface area contributed by atoms with Crippen molar-refractivity contribution in [3.8, 4) is 0 Å². The van der Waals surface area contributed by atoms with Crippen molar-refractivity contribution in [2.75, 3.05) is 18.4 Å². The maximum Gasteiger partial charge on any atom is 0.243 e. The molecule has 1 heterocycles. The van der Waals surface area contributed by atoms with Gasteiger partial charge in [0.1, 0.15) is 0 Å². The number of carbonyl (C=O) groups excluding carboxylic acids is 1. The minimum Gasteiger partial charge on any atom is -0.323 e. The molecule has 0 aliphatic carbocycles. The van der Waals surface area contributed by atoms with E-state index in [4.69, 9.17) is 11.6 Å². The summed E-state index contributed by atoms with van der Waals surface area (Å²) in [5, 5.41) is 2.48. The molecule has 1 aliphatic heterocycles. The molecule has 0 radical (unpaired) electrons. The topological polar surface area (TPSA) is 66.5 Å². The van der Waals surface area contributed by atoms with E-state index in [0.717, 1.165) is 5.56 Å². The molecule has 0 aromatic heterocycles. The lowest BCUT2D eigenvalue weighted by Crippen LogP contribution is -2.41. The van der Waals surface area contributed by atoms with Gasteiger partial charge < -0.3 is 5.32 Å². The molecule has 1 aliphatic rings. The molecule has 0 bridgehead atoms. The van der Waals surface area contributed by atoms with Gasteiger partial charge in [-0.1, -0.05) is 35.4 Å². The average Bonchev–Trinajstić information content (AvgIpc) is 2.66. The lowest BCUT2D eigenvalue weighted by Gasteiger charge is -2.30. The first-order chi connectivity index (χ1) is 12.8. The fourth-order valence-corrected chi connectivity index (χ4v) is 4.70. The Morgan fingerprint density at radius 1 is 1.15 bits per heavy atom. The van der Waals surface area contributed by atoms with Crippen LogP contribution in [0.4, 0.5) is 10.1 Å². The summed E-state index contributed by atoms with van der Waals surface area (Å²) in [6.45, 7) is 2.38. The van der Waals surface area contributed by atoms with Crippen molar-refractivity contribution in [3.05, 3.63) is 58.9 Å². The minimum absolute atomic E-state index is 0.0298. The van der Waals surface area contributed by atoms with Crippen molar-refractivity contribution in [1.29, 1.82) is 0 Å². The first-order valence-corrected chi connectivity index (χ1v) is 10.4. The SMILES string of the molecule is Cc1ccc(S(=O)(=O)N2CCC(C(=O)Nc3cccc(Cl)c3F)CC2)cc1. The van der Waals surface area contributed by atoms with Crippen LogP contribution >= 0.6 is 11.6 Å². The highest BCUT2D eigenvalue weighted by atomic mass is 35.5. The molecule has 0 saturated carbocycles. The van der Waals surface area contributed by atoms with Gasteiger partial charge >= 0.3 is 0 Å². The minimum atomic E-state index is -3.57. The number of rotatable bonds is 4. The Morgan fingerprint density at radius 2 is 1.78 bits per heavy atom. The number of benzene rings is 2. The summed E-state index contributed by atoms with van der Waals surface area (Å²) < 4.78 is 40.7. The third-order valence-electron chi connectivity index (χ3n) is 4.69. The quantitative estimate of drug-likeness (QED) is 0.833. The van der Waals surface area contributed by atoms with Crippen molar-refractivity contribution in [2.24, 2.45) is 5.92 Å². The predicted octanol–water partition coefficient (Wildman–Crippen LogP) is 3.83. The van der Waals surface area contributed by atoms with E-state index in [2.05, 4.69) is 5.32 Å². The molecular weight excluding hydrogens is 391 g/mol. The Hall–Kier alpha value is -1.96. The lowest BCUT2D eigenvalue weighted by molar-refractivity contribution is -0.120. The molecule has 2 aromatic carbocycles. The first kappa shape index (κ1) is 19.8. The zero-order chi connectivity index (χ0) is 19.6. The summed E-state index contributed by atoms with van der Waals surface area (Å²) in [4.78, 5) is 12.7. The second-order valence-electron chi connectivity index (χ2n) is 6.58. The largest absolute Gasteiger partial charge is 0.323 e. The second kappa shape index (κ2) is 7.96. The van der Waals surface area contributed by atoms with Gasteiger partial charge in [0.25, 0.3) is 0 Å². The predicted molar refractivity (Wildman–Crippen MR) is 103 cm³/mol. The smallest absolute Gasteiger partial charge is 0.243 e. The van der Waals surface area contributed by atoms with E-state index in [9.17, 15) is 17.6 Å². The van der Waals surface area contributed by atoms with Gasteiger partial charge in [-0.2, -0.15) is 4.31 Å². The number of anilines is 1. The molecule has 1 saturated heterocycles. The summed E-state index contributed by atoms with van der Waals surface area (Å²) in [5.74, 6) is -1.39. The van der Waals surface area contributed by atoms with E-state index in [0.29, 0.717) is 12.8 Å². The van der Waals surface area contributed by atoms with Gasteiger partial charge in [0, 0.05) is 19.0 Å². The van der Waals surface area contributed by atoms with Crippen molar-refractivity contribution in [1.82, 2.24) is 4.31 Å². The van der Waals surface area contributed by atoms with Crippen LogP contribution in [0.1, 0.15) is 18.4 Å². The molecule has 0 unspecified atom stereocenters.